The number of primary amides is 1. The normalized spacial score (nSPS) is 19.1. The number of anilines is 1. The Morgan fingerprint density at radius 3 is 2.78 bits per heavy atom. The van der Waals surface area contributed by atoms with E-state index in [1.807, 2.05) is 4.90 Å². The molecule has 2 aromatic rings. The van der Waals surface area contributed by atoms with E-state index in [0.717, 1.165) is 37.2 Å². The van der Waals surface area contributed by atoms with E-state index in [9.17, 15) is 18.0 Å². The molecule has 3 rings (SSSR count). The fourth-order valence-corrected chi connectivity index (χ4v) is 3.01. The van der Waals surface area contributed by atoms with Crippen molar-refractivity contribution in [1.29, 1.82) is 0 Å². The molecule has 4 nitrogen and oxygen atoms in total. The average Bonchev–Trinajstić information content (AvgIpc) is 2.53. The zero-order valence-electron chi connectivity index (χ0n) is 12.3. The number of carbonyl (C=O) groups is 1. The molecule has 2 heterocycles. The van der Waals surface area contributed by atoms with E-state index in [1.54, 1.807) is 6.07 Å². The molecule has 1 fully saturated rings. The number of amides is 1. The zero-order valence-corrected chi connectivity index (χ0v) is 12.3. The third kappa shape index (κ3) is 3.09. The molecule has 1 unspecified atom stereocenters. The van der Waals surface area contributed by atoms with Crippen LogP contribution in [0.25, 0.3) is 10.9 Å². The molecule has 122 valence electrons. The molecular formula is C16H16F3N3O. The number of carbonyl (C=O) groups excluding carboxylic acids is 1. The second-order valence-electron chi connectivity index (χ2n) is 5.75. The van der Waals surface area contributed by atoms with E-state index >= 15 is 0 Å². The maximum absolute atomic E-state index is 12.8. The number of hydrogen-bond donors (Lipinski definition) is 1. The summed E-state index contributed by atoms with van der Waals surface area (Å²) in [5.41, 5.74) is 5.74. The van der Waals surface area contributed by atoms with Gasteiger partial charge in [-0.05, 0) is 31.0 Å². The largest absolute Gasteiger partial charge is 0.416 e. The number of nitrogens with zero attached hydrogens (tertiary/aromatic N) is 2. The van der Waals surface area contributed by atoms with Gasteiger partial charge >= 0.3 is 6.18 Å². The molecule has 7 heteroatoms. The summed E-state index contributed by atoms with van der Waals surface area (Å²) in [4.78, 5) is 17.5. The van der Waals surface area contributed by atoms with Crippen molar-refractivity contribution in [3.05, 3.63) is 36.0 Å². The molecule has 1 aliphatic rings. The second-order valence-corrected chi connectivity index (χ2v) is 5.75. The van der Waals surface area contributed by atoms with E-state index in [2.05, 4.69) is 4.98 Å². The van der Waals surface area contributed by atoms with Gasteiger partial charge in [-0.15, -0.1) is 0 Å². The van der Waals surface area contributed by atoms with Gasteiger partial charge in [-0.1, -0.05) is 6.07 Å². The van der Waals surface area contributed by atoms with Crippen LogP contribution in [-0.4, -0.2) is 24.0 Å². The lowest BCUT2D eigenvalue weighted by molar-refractivity contribution is -0.137. The van der Waals surface area contributed by atoms with Crippen molar-refractivity contribution in [3.63, 3.8) is 0 Å². The first-order valence-electron chi connectivity index (χ1n) is 7.36. The molecule has 1 aromatic heterocycles. The number of piperidine rings is 1. The molecule has 23 heavy (non-hydrogen) atoms. The molecule has 1 aliphatic heterocycles. The number of rotatable bonds is 2. The van der Waals surface area contributed by atoms with Crippen molar-refractivity contribution in [2.45, 2.75) is 19.0 Å². The first kappa shape index (κ1) is 15.6. The summed E-state index contributed by atoms with van der Waals surface area (Å²) in [5, 5.41) is 0.644. The van der Waals surface area contributed by atoms with Gasteiger partial charge in [0.05, 0.1) is 17.0 Å². The van der Waals surface area contributed by atoms with Crippen molar-refractivity contribution in [2.75, 3.05) is 18.0 Å². The van der Waals surface area contributed by atoms with Crippen LogP contribution in [0.15, 0.2) is 30.5 Å². The Kier molecular flexibility index (Phi) is 3.87. The van der Waals surface area contributed by atoms with Crippen molar-refractivity contribution in [3.8, 4) is 0 Å². The van der Waals surface area contributed by atoms with Gasteiger partial charge in [0.15, 0.2) is 0 Å². The third-order valence-corrected chi connectivity index (χ3v) is 4.21. The summed E-state index contributed by atoms with van der Waals surface area (Å²) in [6.45, 7) is 1.22. The number of fused-ring (bicyclic) bond motifs is 1. The maximum Gasteiger partial charge on any atom is 0.416 e. The lowest BCUT2D eigenvalue weighted by Crippen LogP contribution is -2.41. The molecule has 2 N–H and O–H groups in total. The zero-order chi connectivity index (χ0) is 16.6. The molecule has 0 bridgehead atoms. The van der Waals surface area contributed by atoms with Crippen molar-refractivity contribution in [2.24, 2.45) is 11.7 Å². The number of pyridine rings is 1. The van der Waals surface area contributed by atoms with Crippen LogP contribution >= 0.6 is 0 Å². The van der Waals surface area contributed by atoms with Crippen molar-refractivity contribution in [1.82, 2.24) is 4.98 Å². The number of halogens is 3. The quantitative estimate of drug-likeness (QED) is 0.924. The summed E-state index contributed by atoms with van der Waals surface area (Å²) < 4.78 is 38.5. The van der Waals surface area contributed by atoms with Crippen LogP contribution in [0.1, 0.15) is 18.4 Å². The minimum atomic E-state index is -4.39. The predicted molar refractivity (Wildman–Crippen MR) is 80.9 cm³/mol. The lowest BCUT2D eigenvalue weighted by atomic mass is 9.96. The Hall–Kier alpha value is -2.31. The highest BCUT2D eigenvalue weighted by Gasteiger charge is 2.31. The Morgan fingerprint density at radius 2 is 2.09 bits per heavy atom. The molecule has 1 atom stereocenters. The summed E-state index contributed by atoms with van der Waals surface area (Å²) >= 11 is 0. The van der Waals surface area contributed by atoms with Crippen LogP contribution in [0.2, 0.25) is 0 Å². The first-order valence-corrected chi connectivity index (χ1v) is 7.36. The van der Waals surface area contributed by atoms with Gasteiger partial charge in [-0.25, -0.2) is 0 Å². The van der Waals surface area contributed by atoms with Crippen LogP contribution in [-0.2, 0) is 11.0 Å². The molecular weight excluding hydrogens is 307 g/mol. The average molecular weight is 323 g/mol. The SMILES string of the molecule is NC(=O)C1CCCN(c2ccnc3cc(C(F)(F)F)ccc23)C1. The first-order chi connectivity index (χ1) is 10.9. The topological polar surface area (TPSA) is 59.2 Å². The minimum absolute atomic E-state index is 0.235. The highest BCUT2D eigenvalue weighted by atomic mass is 19.4. The fourth-order valence-electron chi connectivity index (χ4n) is 3.01. The van der Waals surface area contributed by atoms with Crippen molar-refractivity contribution >= 4 is 22.5 Å². The molecule has 1 aromatic carbocycles. The van der Waals surface area contributed by atoms with Gasteiger partial charge in [-0.2, -0.15) is 13.2 Å². The van der Waals surface area contributed by atoms with E-state index in [0.29, 0.717) is 17.4 Å². The number of aromatic nitrogens is 1. The van der Waals surface area contributed by atoms with Crippen LogP contribution in [0.5, 0.6) is 0 Å². The van der Waals surface area contributed by atoms with Crippen LogP contribution in [0.4, 0.5) is 18.9 Å². The van der Waals surface area contributed by atoms with Crippen LogP contribution in [0.3, 0.4) is 0 Å². The minimum Gasteiger partial charge on any atom is -0.370 e. The monoisotopic (exact) mass is 323 g/mol. The highest BCUT2D eigenvalue weighted by Crippen LogP contribution is 2.34. The lowest BCUT2D eigenvalue weighted by Gasteiger charge is -2.33. The summed E-state index contributed by atoms with van der Waals surface area (Å²) in [6.07, 6.45) is -1.34. The van der Waals surface area contributed by atoms with E-state index < -0.39 is 11.7 Å². The van der Waals surface area contributed by atoms with E-state index in [1.165, 1.54) is 12.3 Å². The number of nitrogens with two attached hydrogens (primary N) is 1. The Morgan fingerprint density at radius 1 is 1.30 bits per heavy atom. The summed E-state index contributed by atoms with van der Waals surface area (Å²) in [7, 11) is 0. The smallest absolute Gasteiger partial charge is 0.370 e. The standard InChI is InChI=1S/C16H16F3N3O/c17-16(18,19)11-3-4-12-13(8-11)21-6-5-14(12)22-7-1-2-10(9-22)15(20)23/h3-6,8,10H,1-2,7,9H2,(H2,20,23). The summed E-state index contributed by atoms with van der Waals surface area (Å²) in [5.74, 6) is -0.575. The van der Waals surface area contributed by atoms with Crippen LogP contribution in [0, 0.1) is 5.92 Å². The van der Waals surface area contributed by atoms with Gasteiger partial charge in [0.1, 0.15) is 0 Å². The molecule has 0 radical (unpaired) electrons. The number of alkyl halides is 3. The van der Waals surface area contributed by atoms with Gasteiger partial charge in [0, 0.05) is 30.4 Å². The van der Waals surface area contributed by atoms with Gasteiger partial charge in [0.2, 0.25) is 5.91 Å². The van der Waals surface area contributed by atoms with Gasteiger partial charge in [0.25, 0.3) is 0 Å². The Bertz CT molecular complexity index is 745. The second kappa shape index (κ2) is 5.72. The van der Waals surface area contributed by atoms with E-state index in [-0.39, 0.29) is 11.8 Å². The van der Waals surface area contributed by atoms with Gasteiger partial charge < -0.3 is 10.6 Å². The maximum atomic E-state index is 12.8. The summed E-state index contributed by atoms with van der Waals surface area (Å²) in [6, 6.07) is 5.31. The molecule has 0 spiro atoms. The molecule has 0 saturated carbocycles. The number of hydrogen-bond acceptors (Lipinski definition) is 3. The molecule has 1 amide bonds. The molecule has 1 saturated heterocycles. The van der Waals surface area contributed by atoms with E-state index in [4.69, 9.17) is 5.73 Å². The Labute approximate surface area is 131 Å². The third-order valence-electron chi connectivity index (χ3n) is 4.21. The molecule has 0 aliphatic carbocycles. The van der Waals surface area contributed by atoms with Crippen molar-refractivity contribution < 1.29 is 18.0 Å². The number of benzene rings is 1. The fraction of sp³-hybridized carbons (Fsp3) is 0.375. The Balaban J connectivity index is 2.00. The van der Waals surface area contributed by atoms with Gasteiger partial charge in [-0.3, -0.25) is 9.78 Å². The highest BCUT2D eigenvalue weighted by molar-refractivity contribution is 5.92. The van der Waals surface area contributed by atoms with Crippen LogP contribution < -0.4 is 10.6 Å². The predicted octanol–water partition coefficient (Wildman–Crippen LogP) is 2.96.